The molecule has 3 rings (SSSR count). The quantitative estimate of drug-likeness (QED) is 0.563. The van der Waals surface area contributed by atoms with Crippen LogP contribution in [0.15, 0.2) is 54.7 Å². The molecule has 0 amide bonds. The van der Waals surface area contributed by atoms with Crippen LogP contribution in [-0.4, -0.2) is 28.2 Å². The molecule has 0 atom stereocenters. The van der Waals surface area contributed by atoms with Crippen molar-refractivity contribution in [3.8, 4) is 0 Å². The zero-order chi connectivity index (χ0) is 18.9. The molecule has 2 aromatic carbocycles. The van der Waals surface area contributed by atoms with Gasteiger partial charge in [-0.15, -0.1) is 5.10 Å². The molecule has 0 unspecified atom stereocenters. The van der Waals surface area contributed by atoms with E-state index in [0.717, 1.165) is 30.8 Å². The first-order chi connectivity index (χ1) is 13.3. The van der Waals surface area contributed by atoms with Crippen molar-refractivity contribution in [1.29, 1.82) is 0 Å². The summed E-state index contributed by atoms with van der Waals surface area (Å²) in [6.07, 6.45) is 7.75. The van der Waals surface area contributed by atoms with Gasteiger partial charge in [-0.1, -0.05) is 53.8 Å². The number of anilines is 1. The fourth-order valence-corrected chi connectivity index (χ4v) is 2.83. The molecule has 140 valence electrons. The normalized spacial score (nSPS) is 11.2. The molecule has 27 heavy (non-hydrogen) atoms. The number of aromatic nitrogens is 3. The Bertz CT molecular complexity index is 851. The summed E-state index contributed by atoms with van der Waals surface area (Å²) in [6, 6.07) is 16.9. The van der Waals surface area contributed by atoms with Crippen LogP contribution in [0, 0.1) is 0 Å². The van der Waals surface area contributed by atoms with Crippen LogP contribution in [0.1, 0.15) is 29.3 Å². The summed E-state index contributed by atoms with van der Waals surface area (Å²) in [5.74, 6) is 0. The fourth-order valence-electron chi connectivity index (χ4n) is 2.83. The highest BCUT2D eigenvalue weighted by molar-refractivity contribution is 5.70. The van der Waals surface area contributed by atoms with E-state index >= 15 is 0 Å². The molecule has 4 nitrogen and oxygen atoms in total. The second kappa shape index (κ2) is 9.67. The lowest BCUT2D eigenvalue weighted by Gasteiger charge is -2.03. The summed E-state index contributed by atoms with van der Waals surface area (Å²) in [4.78, 5) is 0. The van der Waals surface area contributed by atoms with Gasteiger partial charge in [-0.05, 0) is 48.6 Å². The van der Waals surface area contributed by atoms with Gasteiger partial charge in [0.05, 0.1) is 12.2 Å². The van der Waals surface area contributed by atoms with Gasteiger partial charge in [0.1, 0.15) is 6.67 Å². The van der Waals surface area contributed by atoms with Crippen LogP contribution in [0.2, 0.25) is 0 Å². The van der Waals surface area contributed by atoms with Crippen LogP contribution in [-0.2, 0) is 19.4 Å². The number of alkyl halides is 1. The zero-order valence-corrected chi connectivity index (χ0v) is 15.6. The number of aryl methyl sites for hydroxylation is 3. The van der Waals surface area contributed by atoms with Crippen molar-refractivity contribution in [2.24, 2.45) is 0 Å². The van der Waals surface area contributed by atoms with E-state index in [0.29, 0.717) is 0 Å². The van der Waals surface area contributed by atoms with Gasteiger partial charge in [-0.25, -0.2) is 9.07 Å². The lowest BCUT2D eigenvalue weighted by Crippen LogP contribution is -1.99. The van der Waals surface area contributed by atoms with E-state index in [1.165, 1.54) is 16.7 Å². The third-order valence-corrected chi connectivity index (χ3v) is 4.31. The molecule has 0 aliphatic carbocycles. The van der Waals surface area contributed by atoms with Gasteiger partial charge >= 0.3 is 0 Å². The molecule has 1 N–H and O–H groups in total. The van der Waals surface area contributed by atoms with Crippen molar-refractivity contribution < 1.29 is 4.39 Å². The predicted molar refractivity (Wildman–Crippen MR) is 109 cm³/mol. The first-order valence-corrected chi connectivity index (χ1v) is 9.33. The number of hydrogen-bond acceptors (Lipinski definition) is 3. The minimum absolute atomic E-state index is 0.270. The molecule has 1 aromatic heterocycles. The minimum Gasteiger partial charge on any atom is -0.385 e. The molecule has 0 saturated heterocycles. The second-order valence-corrected chi connectivity index (χ2v) is 6.39. The van der Waals surface area contributed by atoms with Crippen molar-refractivity contribution in [1.82, 2.24) is 15.0 Å². The third-order valence-electron chi connectivity index (χ3n) is 4.31. The monoisotopic (exact) mass is 364 g/mol. The molecule has 0 radical (unpaired) electrons. The summed E-state index contributed by atoms with van der Waals surface area (Å²) >= 11 is 0. The van der Waals surface area contributed by atoms with Gasteiger partial charge in [-0.3, -0.25) is 0 Å². The van der Waals surface area contributed by atoms with E-state index in [1.54, 1.807) is 4.68 Å². The average molecular weight is 364 g/mol. The first kappa shape index (κ1) is 18.8. The fraction of sp³-hybridized carbons (Fsp3) is 0.273. The second-order valence-electron chi connectivity index (χ2n) is 6.39. The van der Waals surface area contributed by atoms with Crippen molar-refractivity contribution in [2.45, 2.75) is 26.3 Å². The lowest BCUT2D eigenvalue weighted by atomic mass is 10.1. The molecule has 0 saturated carbocycles. The van der Waals surface area contributed by atoms with Crippen LogP contribution < -0.4 is 5.32 Å². The van der Waals surface area contributed by atoms with Gasteiger partial charge in [0.25, 0.3) is 0 Å². The number of nitrogens with one attached hydrogen (secondary N) is 1. The molecule has 0 fully saturated rings. The van der Waals surface area contributed by atoms with Crippen LogP contribution in [0.3, 0.4) is 0 Å². The van der Waals surface area contributed by atoms with E-state index in [2.05, 4.69) is 83.2 Å². The molecular formula is C22H25FN4. The topological polar surface area (TPSA) is 42.7 Å². The smallest absolute Gasteiger partial charge is 0.109 e. The maximum Gasteiger partial charge on any atom is 0.109 e. The van der Waals surface area contributed by atoms with Gasteiger partial charge in [-0.2, -0.15) is 0 Å². The van der Waals surface area contributed by atoms with Crippen LogP contribution in [0.4, 0.5) is 10.1 Å². The Morgan fingerprint density at radius 2 is 1.63 bits per heavy atom. The number of benzene rings is 2. The average Bonchev–Trinajstić information content (AvgIpc) is 3.15. The zero-order valence-electron chi connectivity index (χ0n) is 15.6. The van der Waals surface area contributed by atoms with E-state index < -0.39 is 6.67 Å². The summed E-state index contributed by atoms with van der Waals surface area (Å²) in [5.41, 5.74) is 5.64. The van der Waals surface area contributed by atoms with E-state index in [1.807, 2.05) is 6.20 Å². The first-order valence-electron chi connectivity index (χ1n) is 9.33. The van der Waals surface area contributed by atoms with Gasteiger partial charge in [0.15, 0.2) is 0 Å². The third kappa shape index (κ3) is 5.78. The summed E-state index contributed by atoms with van der Waals surface area (Å²) in [7, 11) is 0. The van der Waals surface area contributed by atoms with Crippen LogP contribution in [0.25, 0.3) is 12.2 Å². The molecule has 3 aromatic rings. The van der Waals surface area contributed by atoms with Crippen molar-refractivity contribution in [2.75, 3.05) is 18.5 Å². The molecule has 0 aliphatic rings. The number of hydrogen-bond donors (Lipinski definition) is 1. The molecule has 1 heterocycles. The Labute approximate surface area is 159 Å². The Kier molecular flexibility index (Phi) is 6.74. The largest absolute Gasteiger partial charge is 0.385 e. The van der Waals surface area contributed by atoms with Gasteiger partial charge < -0.3 is 5.32 Å². The van der Waals surface area contributed by atoms with Crippen molar-refractivity contribution in [3.05, 3.63) is 77.1 Å². The van der Waals surface area contributed by atoms with E-state index in [4.69, 9.17) is 0 Å². The van der Waals surface area contributed by atoms with Gasteiger partial charge in [0.2, 0.25) is 0 Å². The highest BCUT2D eigenvalue weighted by Crippen LogP contribution is 2.14. The Balaban J connectivity index is 1.53. The summed E-state index contributed by atoms with van der Waals surface area (Å²) in [6.45, 7) is 2.87. The highest BCUT2D eigenvalue weighted by Gasteiger charge is 2.02. The summed E-state index contributed by atoms with van der Waals surface area (Å²) in [5, 5.41) is 11.3. The number of rotatable bonds is 9. The van der Waals surface area contributed by atoms with Gasteiger partial charge in [0, 0.05) is 18.4 Å². The Hall–Kier alpha value is -2.95. The van der Waals surface area contributed by atoms with E-state index in [-0.39, 0.29) is 6.54 Å². The maximum absolute atomic E-state index is 12.3. The molecule has 0 aliphatic heterocycles. The Morgan fingerprint density at radius 3 is 2.26 bits per heavy atom. The minimum atomic E-state index is -0.419. The Morgan fingerprint density at radius 1 is 0.963 bits per heavy atom. The number of nitrogens with zero attached hydrogens (tertiary/aromatic N) is 3. The maximum atomic E-state index is 12.3. The molecule has 0 spiro atoms. The summed E-state index contributed by atoms with van der Waals surface area (Å²) < 4.78 is 13.8. The predicted octanol–water partition coefficient (Wildman–Crippen LogP) is 4.64. The van der Waals surface area contributed by atoms with E-state index in [9.17, 15) is 4.39 Å². The number of halogens is 1. The highest BCUT2D eigenvalue weighted by atomic mass is 19.1. The van der Waals surface area contributed by atoms with Crippen molar-refractivity contribution >= 4 is 17.8 Å². The molecular weight excluding hydrogens is 339 g/mol. The standard InChI is InChI=1S/C22H25FN4/c1-2-24-21-12-9-20(10-13-21)8-5-18-3-6-19(7-4-18)11-14-22-17-27(16-15-23)26-25-22/h3-10,12-13,17,24H,2,11,14-16H2,1H3/b8-5+. The van der Waals surface area contributed by atoms with Crippen LogP contribution >= 0.6 is 0 Å². The van der Waals surface area contributed by atoms with Crippen LogP contribution in [0.5, 0.6) is 0 Å². The lowest BCUT2D eigenvalue weighted by molar-refractivity contribution is 0.422. The van der Waals surface area contributed by atoms with Crippen molar-refractivity contribution in [3.63, 3.8) is 0 Å². The molecule has 5 heteroatoms. The molecule has 0 bridgehead atoms. The SMILES string of the molecule is CCNc1ccc(/C=C/c2ccc(CCc3cn(CCF)nn3)cc2)cc1.